The van der Waals surface area contributed by atoms with Crippen molar-refractivity contribution in [2.24, 2.45) is 5.92 Å². The van der Waals surface area contributed by atoms with Gasteiger partial charge in [-0.15, -0.1) is 0 Å². The van der Waals surface area contributed by atoms with Crippen molar-refractivity contribution in [2.75, 3.05) is 25.4 Å². The summed E-state index contributed by atoms with van der Waals surface area (Å²) < 4.78 is 12.7. The molecule has 1 spiro atoms. The third kappa shape index (κ3) is 2.66. The van der Waals surface area contributed by atoms with Crippen LogP contribution >= 0.6 is 0 Å². The molecule has 3 aliphatic rings. The largest absolute Gasteiger partial charge is 0.338 e. The Morgan fingerprint density at radius 2 is 1.83 bits per heavy atom. The van der Waals surface area contributed by atoms with Crippen LogP contribution in [-0.2, 0) is 15.6 Å². The van der Waals surface area contributed by atoms with Crippen LogP contribution in [0.3, 0.4) is 0 Å². The number of benzene rings is 1. The molecule has 1 aliphatic carbocycles. The second-order valence-electron chi connectivity index (χ2n) is 7.04. The molecule has 24 heavy (non-hydrogen) atoms. The fraction of sp³-hybridized carbons (Fsp3) is 0.556. The predicted molar refractivity (Wildman–Crippen MR) is 91.8 cm³/mol. The van der Waals surface area contributed by atoms with Gasteiger partial charge in [0.2, 0.25) is 5.91 Å². The number of amides is 2. The number of nitrogens with zero attached hydrogens (tertiary/aromatic N) is 2. The van der Waals surface area contributed by atoms with Crippen LogP contribution in [0.4, 0.5) is 0 Å². The van der Waals surface area contributed by atoms with Crippen LogP contribution in [0.5, 0.6) is 0 Å². The first kappa shape index (κ1) is 15.8. The minimum Gasteiger partial charge on any atom is -0.338 e. The summed E-state index contributed by atoms with van der Waals surface area (Å²) in [6.45, 7) is 1.87. The molecule has 2 heterocycles. The molecule has 1 aromatic carbocycles. The normalized spacial score (nSPS) is 26.2. The van der Waals surface area contributed by atoms with Crippen LogP contribution in [0, 0.1) is 5.92 Å². The van der Waals surface area contributed by atoms with Gasteiger partial charge in [-0.2, -0.15) is 0 Å². The third-order valence-corrected chi connectivity index (χ3v) is 7.45. The van der Waals surface area contributed by atoms with Crippen LogP contribution in [0.25, 0.3) is 0 Å². The maximum atomic E-state index is 12.7. The number of piperidine rings is 1. The van der Waals surface area contributed by atoms with Gasteiger partial charge in [0.05, 0.1) is 10.8 Å². The molecule has 1 unspecified atom stereocenters. The van der Waals surface area contributed by atoms with E-state index in [1.807, 2.05) is 40.1 Å². The Morgan fingerprint density at radius 1 is 1.17 bits per heavy atom. The van der Waals surface area contributed by atoms with Gasteiger partial charge in [0, 0.05) is 38.0 Å². The first-order chi connectivity index (χ1) is 11.6. The molecule has 4 rings (SSSR count). The number of hydrogen-bond acceptors (Lipinski definition) is 3. The third-order valence-electron chi connectivity index (χ3n) is 5.46. The first-order valence-corrected chi connectivity index (χ1v) is 9.95. The lowest BCUT2D eigenvalue weighted by atomic mass is 10.0. The topological polar surface area (TPSA) is 57.7 Å². The number of carbonyl (C=O) groups excluding carboxylic acids is 2. The molecule has 0 radical (unpaired) electrons. The molecule has 0 aromatic heterocycles. The summed E-state index contributed by atoms with van der Waals surface area (Å²) >= 11 is 0. The second-order valence-corrected chi connectivity index (χ2v) is 8.78. The van der Waals surface area contributed by atoms with Crippen LogP contribution in [0.1, 0.15) is 36.0 Å². The zero-order valence-corrected chi connectivity index (χ0v) is 14.5. The maximum Gasteiger partial charge on any atom is 0.253 e. The van der Waals surface area contributed by atoms with E-state index in [1.54, 1.807) is 0 Å². The molecule has 3 fully saturated rings. The summed E-state index contributed by atoms with van der Waals surface area (Å²) in [6, 6.07) is 9.26. The van der Waals surface area contributed by atoms with Gasteiger partial charge < -0.3 is 9.80 Å². The molecule has 1 saturated carbocycles. The van der Waals surface area contributed by atoms with Crippen molar-refractivity contribution in [1.82, 2.24) is 9.80 Å². The van der Waals surface area contributed by atoms with Gasteiger partial charge in [0.25, 0.3) is 5.91 Å². The molecule has 1 aromatic rings. The van der Waals surface area contributed by atoms with Crippen LogP contribution in [-0.4, -0.2) is 56.1 Å². The molecule has 5 nitrogen and oxygen atoms in total. The SMILES string of the molecule is O=C(c1ccccc1)N1CCC2(CC1)N(CC1CC1)C(=O)CS2=O. The van der Waals surface area contributed by atoms with E-state index in [0.717, 1.165) is 6.54 Å². The van der Waals surface area contributed by atoms with Gasteiger partial charge in [0.15, 0.2) is 0 Å². The lowest BCUT2D eigenvalue weighted by molar-refractivity contribution is -0.131. The predicted octanol–water partition coefficient (Wildman–Crippen LogP) is 1.62. The molecule has 0 bridgehead atoms. The van der Waals surface area contributed by atoms with Gasteiger partial charge in [-0.1, -0.05) is 18.2 Å². The van der Waals surface area contributed by atoms with Crippen molar-refractivity contribution >= 4 is 22.6 Å². The van der Waals surface area contributed by atoms with Crippen molar-refractivity contribution in [3.05, 3.63) is 35.9 Å². The molecule has 6 heteroatoms. The van der Waals surface area contributed by atoms with E-state index in [9.17, 15) is 13.8 Å². The lowest BCUT2D eigenvalue weighted by Crippen LogP contribution is -2.56. The summed E-state index contributed by atoms with van der Waals surface area (Å²) in [5.41, 5.74) is 0.687. The van der Waals surface area contributed by atoms with Gasteiger partial charge in [0.1, 0.15) is 10.6 Å². The van der Waals surface area contributed by atoms with Crippen molar-refractivity contribution < 1.29 is 13.8 Å². The molecule has 1 atom stereocenters. The number of carbonyl (C=O) groups is 2. The van der Waals surface area contributed by atoms with Gasteiger partial charge in [-0.3, -0.25) is 13.8 Å². The van der Waals surface area contributed by atoms with Crippen LogP contribution < -0.4 is 0 Å². The first-order valence-electron chi connectivity index (χ1n) is 8.63. The minimum atomic E-state index is -1.15. The second kappa shape index (κ2) is 5.99. The van der Waals surface area contributed by atoms with E-state index in [0.29, 0.717) is 37.4 Å². The van der Waals surface area contributed by atoms with E-state index in [4.69, 9.17) is 0 Å². The average molecular weight is 346 g/mol. The Hall–Kier alpha value is -1.69. The quantitative estimate of drug-likeness (QED) is 0.836. The highest BCUT2D eigenvalue weighted by Gasteiger charge is 2.54. The zero-order chi connectivity index (χ0) is 16.7. The smallest absolute Gasteiger partial charge is 0.253 e. The van der Waals surface area contributed by atoms with E-state index in [2.05, 4.69) is 0 Å². The Labute approximate surface area is 144 Å². The van der Waals surface area contributed by atoms with Gasteiger partial charge in [-0.05, 0) is 30.9 Å². The average Bonchev–Trinajstić information content (AvgIpc) is 3.40. The summed E-state index contributed by atoms with van der Waals surface area (Å²) in [6.07, 6.45) is 3.59. The fourth-order valence-electron chi connectivity index (χ4n) is 3.82. The molecule has 2 saturated heterocycles. The van der Waals surface area contributed by atoms with Crippen LogP contribution in [0.2, 0.25) is 0 Å². The van der Waals surface area contributed by atoms with E-state index in [-0.39, 0.29) is 17.6 Å². The number of hydrogen-bond donors (Lipinski definition) is 0. The summed E-state index contributed by atoms with van der Waals surface area (Å²) in [5, 5.41) is 0. The Balaban J connectivity index is 1.48. The number of likely N-dealkylation sites (tertiary alicyclic amines) is 1. The Bertz CT molecular complexity index is 679. The van der Waals surface area contributed by atoms with E-state index >= 15 is 0 Å². The van der Waals surface area contributed by atoms with Gasteiger partial charge in [-0.25, -0.2) is 0 Å². The minimum absolute atomic E-state index is 0.0225. The highest BCUT2D eigenvalue weighted by atomic mass is 32.2. The Morgan fingerprint density at radius 3 is 2.46 bits per heavy atom. The van der Waals surface area contributed by atoms with Crippen LogP contribution in [0.15, 0.2) is 30.3 Å². The Kier molecular flexibility index (Phi) is 3.95. The van der Waals surface area contributed by atoms with Crippen molar-refractivity contribution in [3.63, 3.8) is 0 Å². The molecule has 2 amide bonds. The number of rotatable bonds is 3. The van der Waals surface area contributed by atoms with E-state index < -0.39 is 15.7 Å². The zero-order valence-electron chi connectivity index (χ0n) is 13.6. The summed E-state index contributed by atoms with van der Waals surface area (Å²) in [5.74, 6) is 0.793. The lowest BCUT2D eigenvalue weighted by Gasteiger charge is -2.43. The van der Waals surface area contributed by atoms with Gasteiger partial charge >= 0.3 is 0 Å². The fourth-order valence-corrected chi connectivity index (χ4v) is 5.53. The van der Waals surface area contributed by atoms with Crippen molar-refractivity contribution in [3.8, 4) is 0 Å². The molecular formula is C18H22N2O3S. The van der Waals surface area contributed by atoms with E-state index in [1.165, 1.54) is 12.8 Å². The summed E-state index contributed by atoms with van der Waals surface area (Å²) in [4.78, 5) is 28.1. The highest BCUT2D eigenvalue weighted by molar-refractivity contribution is 7.87. The molecule has 2 aliphatic heterocycles. The molecule has 128 valence electrons. The monoisotopic (exact) mass is 346 g/mol. The molecule has 0 N–H and O–H groups in total. The van der Waals surface area contributed by atoms with Crippen molar-refractivity contribution in [2.45, 2.75) is 30.6 Å². The maximum absolute atomic E-state index is 12.7. The van der Waals surface area contributed by atoms with Crippen molar-refractivity contribution in [1.29, 1.82) is 0 Å². The standard InChI is InChI=1S/C18H22N2O3S/c21-16-13-24(23)18(20(16)12-14-6-7-14)8-10-19(11-9-18)17(22)15-4-2-1-3-5-15/h1-5,14H,6-13H2. The highest BCUT2D eigenvalue weighted by Crippen LogP contribution is 2.41. The summed E-state index contributed by atoms with van der Waals surface area (Å²) in [7, 11) is -1.15. The molecular weight excluding hydrogens is 324 g/mol.